The molecule has 2 aliphatic rings. The number of rotatable bonds is 9. The van der Waals surface area contributed by atoms with Crippen LogP contribution in [-0.2, 0) is 16.0 Å². The van der Waals surface area contributed by atoms with Gasteiger partial charge in [0.15, 0.2) is 0 Å². The van der Waals surface area contributed by atoms with Crippen molar-refractivity contribution in [2.45, 2.75) is 104 Å². The number of hydrogen-bond donors (Lipinski definition) is 2. The van der Waals surface area contributed by atoms with Crippen molar-refractivity contribution in [3.63, 3.8) is 0 Å². The molecule has 3 N–H and O–H groups in total. The zero-order valence-corrected chi connectivity index (χ0v) is 23.0. The first-order valence-corrected chi connectivity index (χ1v) is 13.5. The predicted octanol–water partition coefficient (Wildman–Crippen LogP) is 3.83. The third-order valence-electron chi connectivity index (χ3n) is 7.56. The maximum Gasteiger partial charge on any atom is 0.240 e. The van der Waals surface area contributed by atoms with E-state index in [1.54, 1.807) is 0 Å². The highest BCUT2D eigenvalue weighted by molar-refractivity contribution is 5.83. The molecule has 3 rings (SSSR count). The van der Waals surface area contributed by atoms with Crippen LogP contribution in [0.4, 0.5) is 0 Å². The van der Waals surface area contributed by atoms with Crippen LogP contribution < -0.4 is 11.1 Å². The van der Waals surface area contributed by atoms with E-state index in [0.717, 1.165) is 25.9 Å². The van der Waals surface area contributed by atoms with Crippen LogP contribution in [0.5, 0.6) is 0 Å². The Morgan fingerprint density at radius 1 is 1.09 bits per heavy atom. The number of nitrogens with zero attached hydrogens (tertiary/aromatic N) is 2. The Labute approximate surface area is 213 Å². The van der Waals surface area contributed by atoms with Gasteiger partial charge in [0, 0.05) is 37.1 Å². The maximum atomic E-state index is 13.7. The fourth-order valence-electron chi connectivity index (χ4n) is 6.19. The molecule has 2 amide bonds. The van der Waals surface area contributed by atoms with Crippen molar-refractivity contribution in [3.8, 4) is 0 Å². The number of likely N-dealkylation sites (tertiary alicyclic amines) is 1. The Morgan fingerprint density at radius 2 is 1.74 bits per heavy atom. The fourth-order valence-corrected chi connectivity index (χ4v) is 6.19. The highest BCUT2D eigenvalue weighted by Crippen LogP contribution is 2.42. The van der Waals surface area contributed by atoms with Crippen molar-refractivity contribution in [1.29, 1.82) is 0 Å². The van der Waals surface area contributed by atoms with Gasteiger partial charge in [0.1, 0.15) is 0 Å². The Balaban J connectivity index is 1.72. The van der Waals surface area contributed by atoms with Crippen LogP contribution in [0.1, 0.15) is 73.3 Å². The normalized spacial score (nSPS) is 24.1. The summed E-state index contributed by atoms with van der Waals surface area (Å²) < 4.78 is 0. The van der Waals surface area contributed by atoms with E-state index in [4.69, 9.17) is 5.73 Å². The number of fused-ring (bicyclic) bond motifs is 1. The Kier molecular flexibility index (Phi) is 9.03. The molecule has 196 valence electrons. The molecular formula is C29H48N4O2. The van der Waals surface area contributed by atoms with E-state index in [0.29, 0.717) is 24.7 Å². The maximum absolute atomic E-state index is 13.7. The molecule has 0 spiro atoms. The molecule has 1 aromatic carbocycles. The van der Waals surface area contributed by atoms with Crippen LogP contribution in [0.15, 0.2) is 30.3 Å². The molecule has 6 heteroatoms. The lowest BCUT2D eigenvalue weighted by molar-refractivity contribution is -0.138. The van der Waals surface area contributed by atoms with Gasteiger partial charge in [-0.15, -0.1) is 0 Å². The number of nitrogens with one attached hydrogen (secondary N) is 1. The van der Waals surface area contributed by atoms with E-state index in [2.05, 4.69) is 75.7 Å². The smallest absolute Gasteiger partial charge is 0.240 e. The fraction of sp³-hybridized carbons (Fsp3) is 0.724. The lowest BCUT2D eigenvalue weighted by Crippen LogP contribution is -2.54. The molecular weight excluding hydrogens is 436 g/mol. The molecule has 5 atom stereocenters. The number of amides is 2. The molecule has 0 aromatic heterocycles. The zero-order valence-electron chi connectivity index (χ0n) is 23.0. The van der Waals surface area contributed by atoms with Crippen molar-refractivity contribution < 1.29 is 9.59 Å². The summed E-state index contributed by atoms with van der Waals surface area (Å²) in [5, 5.41) is 3.51. The summed E-state index contributed by atoms with van der Waals surface area (Å²) in [6.45, 7) is 16.3. The minimum Gasteiger partial charge on any atom is -0.341 e. The molecule has 2 fully saturated rings. The first-order chi connectivity index (χ1) is 16.4. The van der Waals surface area contributed by atoms with Gasteiger partial charge in [0.05, 0.1) is 12.1 Å². The van der Waals surface area contributed by atoms with E-state index in [-0.39, 0.29) is 41.4 Å². The minimum absolute atomic E-state index is 0.00367. The molecule has 1 aromatic rings. The standard InChI is InChI=1S/C29H48N4O2/c1-19(2)31-25(15-21-11-9-8-10-12-21)28(35)32-17-22-13-14-26(23(22)18-32)33(20(3)4)27(34)24(30)16-29(5,6)7/h8-12,19-20,22-26,31H,13-18,30H2,1-7H3/t22-,23+,24+,25+,26+/m1/s1. The largest absolute Gasteiger partial charge is 0.341 e. The van der Waals surface area contributed by atoms with Gasteiger partial charge in [-0.25, -0.2) is 0 Å². The van der Waals surface area contributed by atoms with Gasteiger partial charge in [-0.1, -0.05) is 65.0 Å². The number of carbonyl (C=O) groups excluding carboxylic acids is 2. The average Bonchev–Trinajstić information content (AvgIpc) is 3.33. The molecule has 1 saturated carbocycles. The Morgan fingerprint density at radius 3 is 2.31 bits per heavy atom. The molecule has 1 aliphatic heterocycles. The van der Waals surface area contributed by atoms with Crippen LogP contribution in [0.25, 0.3) is 0 Å². The summed E-state index contributed by atoms with van der Waals surface area (Å²) in [4.78, 5) is 31.3. The number of hydrogen-bond acceptors (Lipinski definition) is 4. The number of benzene rings is 1. The predicted molar refractivity (Wildman–Crippen MR) is 143 cm³/mol. The van der Waals surface area contributed by atoms with Crippen LogP contribution in [-0.4, -0.2) is 64.9 Å². The van der Waals surface area contributed by atoms with Crippen molar-refractivity contribution >= 4 is 11.8 Å². The molecule has 1 aliphatic carbocycles. The van der Waals surface area contributed by atoms with Gasteiger partial charge >= 0.3 is 0 Å². The summed E-state index contributed by atoms with van der Waals surface area (Å²) in [5.74, 6) is 1.02. The van der Waals surface area contributed by atoms with E-state index < -0.39 is 6.04 Å². The van der Waals surface area contributed by atoms with Crippen molar-refractivity contribution in [2.24, 2.45) is 23.0 Å². The minimum atomic E-state index is -0.485. The Bertz CT molecular complexity index is 848. The van der Waals surface area contributed by atoms with Gasteiger partial charge in [0.2, 0.25) is 11.8 Å². The molecule has 0 unspecified atom stereocenters. The van der Waals surface area contributed by atoms with Gasteiger partial charge in [-0.3, -0.25) is 9.59 Å². The third kappa shape index (κ3) is 7.07. The van der Waals surface area contributed by atoms with Gasteiger partial charge in [-0.2, -0.15) is 0 Å². The monoisotopic (exact) mass is 484 g/mol. The van der Waals surface area contributed by atoms with E-state index in [9.17, 15) is 9.59 Å². The number of nitrogens with two attached hydrogens (primary N) is 1. The summed E-state index contributed by atoms with van der Waals surface area (Å²) in [5.41, 5.74) is 7.59. The van der Waals surface area contributed by atoms with Crippen LogP contribution in [0.2, 0.25) is 0 Å². The highest BCUT2D eigenvalue weighted by Gasteiger charge is 2.48. The van der Waals surface area contributed by atoms with Crippen molar-refractivity contribution in [1.82, 2.24) is 15.1 Å². The second kappa shape index (κ2) is 11.4. The van der Waals surface area contributed by atoms with Crippen molar-refractivity contribution in [3.05, 3.63) is 35.9 Å². The molecule has 6 nitrogen and oxygen atoms in total. The molecule has 0 radical (unpaired) electrons. The Hall–Kier alpha value is -1.92. The second-order valence-electron chi connectivity index (χ2n) is 12.6. The van der Waals surface area contributed by atoms with Gasteiger partial charge in [-0.05, 0) is 56.4 Å². The molecule has 0 bridgehead atoms. The molecule has 1 saturated heterocycles. The summed E-state index contributed by atoms with van der Waals surface area (Å²) in [6, 6.07) is 9.98. The van der Waals surface area contributed by atoms with Crippen molar-refractivity contribution in [2.75, 3.05) is 13.1 Å². The van der Waals surface area contributed by atoms with Gasteiger partial charge < -0.3 is 20.9 Å². The first kappa shape index (κ1) is 27.7. The highest BCUT2D eigenvalue weighted by atomic mass is 16.2. The van der Waals surface area contributed by atoms with E-state index >= 15 is 0 Å². The summed E-state index contributed by atoms with van der Waals surface area (Å²) in [7, 11) is 0. The van der Waals surface area contributed by atoms with E-state index in [1.807, 2.05) is 18.2 Å². The SMILES string of the molecule is CC(C)N[C@@H](Cc1ccccc1)C(=O)N1C[C@H]2CC[C@H](N(C(=O)[C@@H](N)CC(C)(C)C)C(C)C)[C@H]2C1. The third-order valence-corrected chi connectivity index (χ3v) is 7.56. The topological polar surface area (TPSA) is 78.7 Å². The first-order valence-electron chi connectivity index (χ1n) is 13.5. The lowest BCUT2D eigenvalue weighted by atomic mass is 9.87. The van der Waals surface area contributed by atoms with Crippen LogP contribution >= 0.6 is 0 Å². The molecule has 1 heterocycles. The quantitative estimate of drug-likeness (QED) is 0.558. The summed E-state index contributed by atoms with van der Waals surface area (Å²) in [6.07, 6.45) is 3.42. The number of carbonyl (C=O) groups is 2. The van der Waals surface area contributed by atoms with Crippen LogP contribution in [0.3, 0.4) is 0 Å². The average molecular weight is 485 g/mol. The van der Waals surface area contributed by atoms with E-state index in [1.165, 1.54) is 5.56 Å². The molecule has 35 heavy (non-hydrogen) atoms. The van der Waals surface area contributed by atoms with Gasteiger partial charge in [0.25, 0.3) is 0 Å². The van der Waals surface area contributed by atoms with Crippen LogP contribution in [0, 0.1) is 17.3 Å². The zero-order chi connectivity index (χ0) is 25.9. The lowest BCUT2D eigenvalue weighted by Gasteiger charge is -2.39. The summed E-state index contributed by atoms with van der Waals surface area (Å²) >= 11 is 0. The second-order valence-corrected chi connectivity index (χ2v) is 12.6.